The van der Waals surface area contributed by atoms with E-state index in [1.807, 2.05) is 0 Å². The summed E-state index contributed by atoms with van der Waals surface area (Å²) in [5, 5.41) is 3.72. The zero-order valence-electron chi connectivity index (χ0n) is 11.9. The van der Waals surface area contributed by atoms with Gasteiger partial charge in [0.25, 0.3) is 0 Å². The maximum Gasteiger partial charge on any atom is 0.00722 e. The molecule has 0 radical (unpaired) electrons. The Balaban J connectivity index is 1.69. The van der Waals surface area contributed by atoms with Gasteiger partial charge in [-0.1, -0.05) is 13.0 Å². The highest BCUT2D eigenvalue weighted by molar-refractivity contribution is 4.97. The molecule has 2 bridgehead atoms. The van der Waals surface area contributed by atoms with Gasteiger partial charge in [-0.05, 0) is 81.1 Å². The van der Waals surface area contributed by atoms with Gasteiger partial charge >= 0.3 is 0 Å². The van der Waals surface area contributed by atoms with Crippen LogP contribution in [0.15, 0.2) is 12.7 Å². The normalized spacial score (nSPS) is 47.4. The van der Waals surface area contributed by atoms with E-state index in [9.17, 15) is 0 Å². The minimum atomic E-state index is 0.805. The van der Waals surface area contributed by atoms with Crippen LogP contribution < -0.4 is 5.32 Å². The van der Waals surface area contributed by atoms with Crippen LogP contribution in [0.2, 0.25) is 0 Å². The summed E-state index contributed by atoms with van der Waals surface area (Å²) < 4.78 is 0. The van der Waals surface area contributed by atoms with Crippen LogP contribution in [0.4, 0.5) is 0 Å². The molecule has 3 fully saturated rings. The lowest BCUT2D eigenvalue weighted by Crippen LogP contribution is -2.37. The van der Waals surface area contributed by atoms with Crippen molar-refractivity contribution in [2.45, 2.75) is 57.9 Å². The monoisotopic (exact) mass is 247 g/mol. The molecule has 3 aliphatic carbocycles. The van der Waals surface area contributed by atoms with Crippen molar-refractivity contribution in [1.29, 1.82) is 0 Å². The molecule has 0 heterocycles. The first-order valence-corrected chi connectivity index (χ1v) is 8.14. The van der Waals surface area contributed by atoms with Crippen molar-refractivity contribution < 1.29 is 0 Å². The predicted octanol–water partition coefficient (Wildman–Crippen LogP) is 4.00. The molecule has 1 nitrogen and oxygen atoms in total. The van der Waals surface area contributed by atoms with E-state index in [0.717, 1.165) is 42.2 Å². The number of hydrogen-bond donors (Lipinski definition) is 1. The Hall–Kier alpha value is -0.300. The van der Waals surface area contributed by atoms with E-state index in [4.69, 9.17) is 0 Å². The van der Waals surface area contributed by atoms with Crippen LogP contribution in [-0.4, -0.2) is 12.6 Å². The lowest BCUT2D eigenvalue weighted by atomic mass is 9.74. The fourth-order valence-corrected chi connectivity index (χ4v) is 4.83. The fourth-order valence-electron chi connectivity index (χ4n) is 4.83. The minimum absolute atomic E-state index is 0.805. The first-order valence-electron chi connectivity index (χ1n) is 8.14. The van der Waals surface area contributed by atoms with Gasteiger partial charge in [-0.15, -0.1) is 6.58 Å². The Kier molecular flexibility index (Phi) is 3.79. The second kappa shape index (κ2) is 5.36. The molecule has 1 heteroatoms. The van der Waals surface area contributed by atoms with E-state index in [-0.39, 0.29) is 0 Å². The molecule has 0 saturated heterocycles. The molecule has 3 rings (SSSR count). The van der Waals surface area contributed by atoms with Crippen molar-refractivity contribution in [1.82, 2.24) is 5.32 Å². The Labute approximate surface area is 112 Å². The summed E-state index contributed by atoms with van der Waals surface area (Å²) in [7, 11) is 0. The summed E-state index contributed by atoms with van der Waals surface area (Å²) in [4.78, 5) is 0. The molecule has 0 spiro atoms. The molecule has 6 unspecified atom stereocenters. The van der Waals surface area contributed by atoms with Gasteiger partial charge in [0.05, 0.1) is 0 Å². The van der Waals surface area contributed by atoms with E-state index in [1.165, 1.54) is 44.9 Å². The van der Waals surface area contributed by atoms with Gasteiger partial charge in [-0.2, -0.15) is 0 Å². The number of hydrogen-bond acceptors (Lipinski definition) is 1. The molecule has 6 atom stereocenters. The van der Waals surface area contributed by atoms with E-state index < -0.39 is 0 Å². The summed E-state index contributed by atoms with van der Waals surface area (Å²) in [6, 6.07) is 0.805. The molecule has 0 aliphatic heterocycles. The summed E-state index contributed by atoms with van der Waals surface area (Å²) in [5.41, 5.74) is 0. The summed E-state index contributed by atoms with van der Waals surface area (Å²) >= 11 is 0. The molecule has 0 aromatic carbocycles. The molecule has 0 aromatic heterocycles. The molecule has 102 valence electrons. The summed E-state index contributed by atoms with van der Waals surface area (Å²) in [5.74, 6) is 4.94. The average Bonchev–Trinajstić information content (AvgIpc) is 3.05. The SMILES string of the molecule is C=CC1CC2CC(CC(NCC)C2)CC2CC2C1. The van der Waals surface area contributed by atoms with E-state index >= 15 is 0 Å². The topological polar surface area (TPSA) is 12.0 Å². The smallest absolute Gasteiger partial charge is 0.00722 e. The highest BCUT2D eigenvalue weighted by Crippen LogP contribution is 2.52. The molecular formula is C17H29N. The third-order valence-corrected chi connectivity index (χ3v) is 5.68. The van der Waals surface area contributed by atoms with Crippen LogP contribution in [0.5, 0.6) is 0 Å². The Morgan fingerprint density at radius 2 is 1.67 bits per heavy atom. The highest BCUT2D eigenvalue weighted by Gasteiger charge is 2.42. The molecule has 3 aliphatic rings. The van der Waals surface area contributed by atoms with E-state index in [2.05, 4.69) is 24.9 Å². The lowest BCUT2D eigenvalue weighted by Gasteiger charge is -2.36. The predicted molar refractivity (Wildman–Crippen MR) is 77.4 cm³/mol. The zero-order chi connectivity index (χ0) is 12.5. The van der Waals surface area contributed by atoms with Gasteiger partial charge in [0, 0.05) is 6.04 Å². The quantitative estimate of drug-likeness (QED) is 0.743. The molecule has 0 amide bonds. The molecule has 3 saturated carbocycles. The second-order valence-corrected chi connectivity index (χ2v) is 7.15. The molecular weight excluding hydrogens is 218 g/mol. The summed E-state index contributed by atoms with van der Waals surface area (Å²) in [6.07, 6.45) is 12.6. The average molecular weight is 247 g/mol. The fraction of sp³-hybridized carbons (Fsp3) is 0.882. The van der Waals surface area contributed by atoms with Crippen LogP contribution >= 0.6 is 0 Å². The number of fused-ring (bicyclic) bond motifs is 3. The van der Waals surface area contributed by atoms with Crippen molar-refractivity contribution in [3.8, 4) is 0 Å². The van der Waals surface area contributed by atoms with E-state index in [1.54, 1.807) is 0 Å². The van der Waals surface area contributed by atoms with Gasteiger partial charge in [0.15, 0.2) is 0 Å². The second-order valence-electron chi connectivity index (χ2n) is 7.15. The van der Waals surface area contributed by atoms with Crippen molar-refractivity contribution >= 4 is 0 Å². The summed E-state index contributed by atoms with van der Waals surface area (Å²) in [6.45, 7) is 7.48. The standard InChI is InChI=1S/C17H29N/c1-3-12-5-13-6-14(8-16-11-15(16)7-12)10-17(9-13)18-4-2/h3,12-18H,1,4-11H2,2H3. The maximum atomic E-state index is 4.09. The Morgan fingerprint density at radius 3 is 2.39 bits per heavy atom. The van der Waals surface area contributed by atoms with Gasteiger partial charge in [0.1, 0.15) is 0 Å². The largest absolute Gasteiger partial charge is 0.314 e. The van der Waals surface area contributed by atoms with E-state index in [0.29, 0.717) is 0 Å². The minimum Gasteiger partial charge on any atom is -0.314 e. The number of rotatable bonds is 3. The van der Waals surface area contributed by atoms with Gasteiger partial charge < -0.3 is 5.32 Å². The first kappa shape index (κ1) is 12.7. The van der Waals surface area contributed by atoms with Gasteiger partial charge in [-0.3, -0.25) is 0 Å². The van der Waals surface area contributed by atoms with Crippen molar-refractivity contribution in [3.63, 3.8) is 0 Å². The van der Waals surface area contributed by atoms with Gasteiger partial charge in [0.2, 0.25) is 0 Å². The third-order valence-electron chi connectivity index (χ3n) is 5.68. The van der Waals surface area contributed by atoms with Crippen molar-refractivity contribution in [2.24, 2.45) is 29.6 Å². The van der Waals surface area contributed by atoms with Crippen LogP contribution in [0, 0.1) is 29.6 Å². The molecule has 1 N–H and O–H groups in total. The van der Waals surface area contributed by atoms with Crippen LogP contribution in [-0.2, 0) is 0 Å². The van der Waals surface area contributed by atoms with Crippen LogP contribution in [0.3, 0.4) is 0 Å². The molecule has 0 aromatic rings. The van der Waals surface area contributed by atoms with Crippen LogP contribution in [0.1, 0.15) is 51.9 Å². The number of allylic oxidation sites excluding steroid dienone is 1. The van der Waals surface area contributed by atoms with Crippen molar-refractivity contribution in [2.75, 3.05) is 6.54 Å². The number of nitrogens with one attached hydrogen (secondary N) is 1. The first-order chi connectivity index (χ1) is 8.78. The lowest BCUT2D eigenvalue weighted by molar-refractivity contribution is 0.188. The molecule has 18 heavy (non-hydrogen) atoms. The maximum absolute atomic E-state index is 4.09. The zero-order valence-corrected chi connectivity index (χ0v) is 11.9. The van der Waals surface area contributed by atoms with Crippen molar-refractivity contribution in [3.05, 3.63) is 12.7 Å². The third kappa shape index (κ3) is 2.82. The Bertz CT molecular complexity index is 298. The Morgan fingerprint density at radius 1 is 0.944 bits per heavy atom. The van der Waals surface area contributed by atoms with Gasteiger partial charge in [-0.25, -0.2) is 0 Å². The van der Waals surface area contributed by atoms with Crippen LogP contribution in [0.25, 0.3) is 0 Å². The highest BCUT2D eigenvalue weighted by atomic mass is 14.9.